The summed E-state index contributed by atoms with van der Waals surface area (Å²) in [6.07, 6.45) is 1.03. The number of hydrogen-bond acceptors (Lipinski definition) is 1. The first-order valence-electron chi connectivity index (χ1n) is 6.08. The predicted octanol–water partition coefficient (Wildman–Crippen LogP) is 3.50. The summed E-state index contributed by atoms with van der Waals surface area (Å²) in [7, 11) is 2.03. The zero-order chi connectivity index (χ0) is 12.1. The molecule has 0 radical (unpaired) electrons. The van der Waals surface area contributed by atoms with Gasteiger partial charge in [0.2, 0.25) is 0 Å². The van der Waals surface area contributed by atoms with E-state index in [9.17, 15) is 0 Å². The predicted molar refractivity (Wildman–Crippen MR) is 73.1 cm³/mol. The quantitative estimate of drug-likeness (QED) is 0.839. The lowest BCUT2D eigenvalue weighted by molar-refractivity contribution is 0.589. The minimum absolute atomic E-state index is 0.388. The Morgan fingerprint density at radius 1 is 0.941 bits per heavy atom. The van der Waals surface area contributed by atoms with Gasteiger partial charge in [-0.2, -0.15) is 0 Å². The third-order valence-electron chi connectivity index (χ3n) is 3.19. The van der Waals surface area contributed by atoms with Gasteiger partial charge in [0, 0.05) is 6.04 Å². The first-order chi connectivity index (χ1) is 8.31. The Morgan fingerprint density at radius 2 is 1.59 bits per heavy atom. The van der Waals surface area contributed by atoms with E-state index in [1.54, 1.807) is 0 Å². The average Bonchev–Trinajstić information content (AvgIpc) is 2.38. The summed E-state index contributed by atoms with van der Waals surface area (Å²) in [5.41, 5.74) is 4.11. The largest absolute Gasteiger partial charge is 0.313 e. The van der Waals surface area contributed by atoms with E-state index in [2.05, 4.69) is 66.8 Å². The Morgan fingerprint density at radius 3 is 2.24 bits per heavy atom. The summed E-state index contributed by atoms with van der Waals surface area (Å²) >= 11 is 0. The Kier molecular flexibility index (Phi) is 3.94. The highest BCUT2D eigenvalue weighted by atomic mass is 14.9. The third kappa shape index (κ3) is 2.95. The normalized spacial score (nSPS) is 12.4. The highest BCUT2D eigenvalue weighted by Crippen LogP contribution is 2.21. The number of nitrogens with one attached hydrogen (secondary N) is 1. The van der Waals surface area contributed by atoms with Gasteiger partial charge in [-0.3, -0.25) is 0 Å². The molecule has 0 aromatic heterocycles. The van der Waals surface area contributed by atoms with Gasteiger partial charge >= 0.3 is 0 Å². The molecule has 0 heterocycles. The average molecular weight is 225 g/mol. The Bertz CT molecular complexity index is 462. The molecule has 0 amide bonds. The van der Waals surface area contributed by atoms with Crippen LogP contribution < -0.4 is 5.32 Å². The second-order valence-corrected chi connectivity index (χ2v) is 4.39. The number of likely N-dealkylation sites (N-methyl/N-ethyl adjacent to an activating group) is 1. The van der Waals surface area contributed by atoms with Crippen molar-refractivity contribution in [2.45, 2.75) is 19.4 Å². The van der Waals surface area contributed by atoms with Crippen molar-refractivity contribution in [1.29, 1.82) is 0 Å². The molecule has 2 aromatic rings. The molecule has 17 heavy (non-hydrogen) atoms. The van der Waals surface area contributed by atoms with Crippen molar-refractivity contribution in [1.82, 2.24) is 5.32 Å². The molecule has 1 heteroatoms. The number of rotatable bonds is 4. The SMILES string of the molecule is CNC(Cc1ccccc1)c1ccccc1C. The molecule has 2 aromatic carbocycles. The van der Waals surface area contributed by atoms with Gasteiger partial charge in [0.05, 0.1) is 0 Å². The summed E-state index contributed by atoms with van der Waals surface area (Å²) in [5, 5.41) is 3.41. The van der Waals surface area contributed by atoms with Crippen LogP contribution in [0.25, 0.3) is 0 Å². The maximum atomic E-state index is 3.41. The molecule has 0 spiro atoms. The smallest absolute Gasteiger partial charge is 0.0361 e. The number of benzene rings is 2. The van der Waals surface area contributed by atoms with Gasteiger partial charge in [0.15, 0.2) is 0 Å². The van der Waals surface area contributed by atoms with Gasteiger partial charge < -0.3 is 5.32 Å². The zero-order valence-corrected chi connectivity index (χ0v) is 10.5. The molecule has 0 saturated carbocycles. The van der Waals surface area contributed by atoms with Crippen LogP contribution in [0, 0.1) is 6.92 Å². The van der Waals surface area contributed by atoms with Crippen LogP contribution in [0.2, 0.25) is 0 Å². The molecule has 0 aliphatic rings. The molecule has 1 unspecified atom stereocenters. The fourth-order valence-corrected chi connectivity index (χ4v) is 2.20. The topological polar surface area (TPSA) is 12.0 Å². The van der Waals surface area contributed by atoms with E-state index in [0.29, 0.717) is 6.04 Å². The molecular weight excluding hydrogens is 206 g/mol. The van der Waals surface area contributed by atoms with E-state index in [4.69, 9.17) is 0 Å². The molecule has 0 aliphatic carbocycles. The summed E-state index contributed by atoms with van der Waals surface area (Å²) in [6.45, 7) is 2.17. The zero-order valence-electron chi connectivity index (χ0n) is 10.5. The number of hydrogen-bond donors (Lipinski definition) is 1. The van der Waals surface area contributed by atoms with Crippen molar-refractivity contribution in [3.63, 3.8) is 0 Å². The Balaban J connectivity index is 2.21. The van der Waals surface area contributed by atoms with Crippen LogP contribution in [0.15, 0.2) is 54.6 Å². The second-order valence-electron chi connectivity index (χ2n) is 4.39. The minimum atomic E-state index is 0.388. The first kappa shape index (κ1) is 11.9. The third-order valence-corrected chi connectivity index (χ3v) is 3.19. The van der Waals surface area contributed by atoms with E-state index in [-0.39, 0.29) is 0 Å². The molecule has 1 atom stereocenters. The van der Waals surface area contributed by atoms with E-state index < -0.39 is 0 Å². The van der Waals surface area contributed by atoms with Crippen LogP contribution in [0.3, 0.4) is 0 Å². The highest BCUT2D eigenvalue weighted by Gasteiger charge is 2.11. The lowest BCUT2D eigenvalue weighted by Gasteiger charge is -2.18. The van der Waals surface area contributed by atoms with Gasteiger partial charge in [0.1, 0.15) is 0 Å². The van der Waals surface area contributed by atoms with Crippen molar-refractivity contribution in [2.24, 2.45) is 0 Å². The van der Waals surface area contributed by atoms with Crippen LogP contribution in [0.4, 0.5) is 0 Å². The van der Waals surface area contributed by atoms with Crippen LogP contribution in [0.1, 0.15) is 22.7 Å². The first-order valence-corrected chi connectivity index (χ1v) is 6.08. The van der Waals surface area contributed by atoms with Crippen molar-refractivity contribution in [3.8, 4) is 0 Å². The van der Waals surface area contributed by atoms with Crippen LogP contribution in [0.5, 0.6) is 0 Å². The van der Waals surface area contributed by atoms with E-state index in [1.165, 1.54) is 16.7 Å². The van der Waals surface area contributed by atoms with Crippen molar-refractivity contribution >= 4 is 0 Å². The molecule has 88 valence electrons. The molecule has 1 nitrogen and oxygen atoms in total. The standard InChI is InChI=1S/C16H19N/c1-13-8-6-7-11-15(13)16(17-2)12-14-9-4-3-5-10-14/h3-11,16-17H,12H2,1-2H3. The molecule has 0 fully saturated rings. The van der Waals surface area contributed by atoms with E-state index in [1.807, 2.05) is 7.05 Å². The summed E-state index contributed by atoms with van der Waals surface area (Å²) < 4.78 is 0. The molecule has 1 N–H and O–H groups in total. The highest BCUT2D eigenvalue weighted by molar-refractivity contribution is 5.30. The van der Waals surface area contributed by atoms with Gasteiger partial charge in [-0.05, 0) is 37.1 Å². The molecule has 2 rings (SSSR count). The van der Waals surface area contributed by atoms with Gasteiger partial charge in [-0.25, -0.2) is 0 Å². The van der Waals surface area contributed by atoms with Crippen LogP contribution in [-0.2, 0) is 6.42 Å². The fraction of sp³-hybridized carbons (Fsp3) is 0.250. The molecule has 0 saturated heterocycles. The number of aryl methyl sites for hydroxylation is 1. The fourth-order valence-electron chi connectivity index (χ4n) is 2.20. The lowest BCUT2D eigenvalue weighted by Crippen LogP contribution is -2.19. The Labute approximate surface area is 103 Å². The minimum Gasteiger partial charge on any atom is -0.313 e. The van der Waals surface area contributed by atoms with Crippen molar-refractivity contribution in [2.75, 3.05) is 7.05 Å². The van der Waals surface area contributed by atoms with Crippen LogP contribution in [-0.4, -0.2) is 7.05 Å². The molecule has 0 bridgehead atoms. The Hall–Kier alpha value is -1.60. The van der Waals surface area contributed by atoms with E-state index in [0.717, 1.165) is 6.42 Å². The molecule has 0 aliphatic heterocycles. The maximum Gasteiger partial charge on any atom is 0.0361 e. The van der Waals surface area contributed by atoms with E-state index >= 15 is 0 Å². The van der Waals surface area contributed by atoms with Gasteiger partial charge in [-0.15, -0.1) is 0 Å². The summed E-state index contributed by atoms with van der Waals surface area (Å²) in [4.78, 5) is 0. The summed E-state index contributed by atoms with van der Waals surface area (Å²) in [5.74, 6) is 0. The second kappa shape index (κ2) is 5.65. The van der Waals surface area contributed by atoms with Crippen molar-refractivity contribution in [3.05, 3.63) is 71.3 Å². The van der Waals surface area contributed by atoms with Gasteiger partial charge in [-0.1, -0.05) is 54.6 Å². The van der Waals surface area contributed by atoms with Crippen LogP contribution >= 0.6 is 0 Å². The monoisotopic (exact) mass is 225 g/mol. The van der Waals surface area contributed by atoms with Gasteiger partial charge in [0.25, 0.3) is 0 Å². The summed E-state index contributed by atoms with van der Waals surface area (Å²) in [6, 6.07) is 19.6. The molecular formula is C16H19N. The maximum absolute atomic E-state index is 3.41. The van der Waals surface area contributed by atoms with Crippen molar-refractivity contribution < 1.29 is 0 Å². The lowest BCUT2D eigenvalue weighted by atomic mass is 9.95.